The minimum Gasteiger partial charge on any atom is -0.367 e. The zero-order valence-corrected chi connectivity index (χ0v) is 8.53. The highest BCUT2D eigenvalue weighted by Crippen LogP contribution is 2.24. The number of aromatic amines is 1. The Hall–Kier alpha value is -1.58. The molecule has 2 heterocycles. The maximum absolute atomic E-state index is 4.30. The summed E-state index contributed by atoms with van der Waals surface area (Å²) in [7, 11) is 0. The second-order valence-corrected chi connectivity index (χ2v) is 4.09. The fourth-order valence-corrected chi connectivity index (χ4v) is 2.25. The lowest BCUT2D eigenvalue weighted by atomic mass is 10.2. The van der Waals surface area contributed by atoms with E-state index < -0.39 is 0 Å². The lowest BCUT2D eigenvalue weighted by Crippen LogP contribution is -2.15. The molecule has 1 fully saturated rings. The normalized spacial score (nSPS) is 17.3. The summed E-state index contributed by atoms with van der Waals surface area (Å²) >= 11 is 0. The van der Waals surface area contributed by atoms with E-state index in [0.29, 0.717) is 6.04 Å². The summed E-state index contributed by atoms with van der Waals surface area (Å²) in [6.07, 6.45) is 8.69. The predicted molar refractivity (Wildman–Crippen MR) is 59.8 cm³/mol. The van der Waals surface area contributed by atoms with E-state index in [-0.39, 0.29) is 0 Å². The Morgan fingerprint density at radius 1 is 1.27 bits per heavy atom. The molecule has 0 amide bonds. The van der Waals surface area contributed by atoms with Crippen LogP contribution in [0.5, 0.6) is 0 Å². The number of H-pyrrole nitrogens is 1. The average molecular weight is 202 g/mol. The molecule has 1 saturated carbocycles. The van der Waals surface area contributed by atoms with Crippen molar-refractivity contribution in [3.8, 4) is 0 Å². The molecule has 1 aliphatic rings. The van der Waals surface area contributed by atoms with E-state index in [0.717, 1.165) is 16.9 Å². The van der Waals surface area contributed by atoms with E-state index in [1.807, 2.05) is 12.3 Å². The van der Waals surface area contributed by atoms with Gasteiger partial charge in [0, 0.05) is 12.2 Å². The summed E-state index contributed by atoms with van der Waals surface area (Å²) < 4.78 is 0. The van der Waals surface area contributed by atoms with Crippen LogP contribution in [0.1, 0.15) is 25.7 Å². The molecule has 0 spiro atoms. The maximum atomic E-state index is 4.30. The molecule has 15 heavy (non-hydrogen) atoms. The van der Waals surface area contributed by atoms with Gasteiger partial charge in [-0.2, -0.15) is 0 Å². The van der Waals surface area contributed by atoms with Gasteiger partial charge in [-0.05, 0) is 18.9 Å². The third kappa shape index (κ3) is 1.56. The van der Waals surface area contributed by atoms with Crippen molar-refractivity contribution in [2.24, 2.45) is 0 Å². The van der Waals surface area contributed by atoms with E-state index in [4.69, 9.17) is 0 Å². The second-order valence-electron chi connectivity index (χ2n) is 4.09. The number of fused-ring (bicyclic) bond motifs is 1. The molecule has 0 aliphatic heterocycles. The summed E-state index contributed by atoms with van der Waals surface area (Å²) in [5.41, 5.74) is 0.908. The lowest BCUT2D eigenvalue weighted by Gasteiger charge is -2.12. The van der Waals surface area contributed by atoms with E-state index in [1.165, 1.54) is 25.7 Å². The molecule has 0 unspecified atom stereocenters. The standard InChI is InChI=1S/C11H14N4/c1-2-4-8(3-1)15-11-9-5-6-12-10(9)13-7-14-11/h5-8H,1-4H2,(H2,12,13,14,15). The molecule has 4 nitrogen and oxygen atoms in total. The first-order chi connectivity index (χ1) is 7.43. The van der Waals surface area contributed by atoms with Crippen LogP contribution in [0.2, 0.25) is 0 Å². The fraction of sp³-hybridized carbons (Fsp3) is 0.455. The van der Waals surface area contributed by atoms with E-state index >= 15 is 0 Å². The van der Waals surface area contributed by atoms with Crippen LogP contribution in [0.25, 0.3) is 11.0 Å². The second kappa shape index (κ2) is 3.53. The van der Waals surface area contributed by atoms with Crippen molar-refractivity contribution in [3.05, 3.63) is 18.6 Å². The van der Waals surface area contributed by atoms with Crippen LogP contribution in [0, 0.1) is 0 Å². The molecular weight excluding hydrogens is 188 g/mol. The van der Waals surface area contributed by atoms with Crippen LogP contribution < -0.4 is 5.32 Å². The molecule has 3 rings (SSSR count). The average Bonchev–Trinajstić information content (AvgIpc) is 2.87. The third-order valence-corrected chi connectivity index (χ3v) is 3.05. The molecule has 0 saturated heterocycles. The highest BCUT2D eigenvalue weighted by Gasteiger charge is 2.16. The van der Waals surface area contributed by atoms with Gasteiger partial charge in [-0.3, -0.25) is 0 Å². The van der Waals surface area contributed by atoms with Crippen LogP contribution in [-0.2, 0) is 0 Å². The third-order valence-electron chi connectivity index (χ3n) is 3.05. The highest BCUT2D eigenvalue weighted by atomic mass is 15.1. The van der Waals surface area contributed by atoms with Gasteiger partial charge in [0.25, 0.3) is 0 Å². The Morgan fingerprint density at radius 3 is 3.00 bits per heavy atom. The smallest absolute Gasteiger partial charge is 0.142 e. The van der Waals surface area contributed by atoms with Crippen molar-refractivity contribution in [2.75, 3.05) is 5.32 Å². The largest absolute Gasteiger partial charge is 0.367 e. The van der Waals surface area contributed by atoms with Gasteiger partial charge in [0.1, 0.15) is 17.8 Å². The van der Waals surface area contributed by atoms with Gasteiger partial charge in [0.05, 0.1) is 5.39 Å². The van der Waals surface area contributed by atoms with Crippen LogP contribution in [0.3, 0.4) is 0 Å². The van der Waals surface area contributed by atoms with Crippen LogP contribution in [-0.4, -0.2) is 21.0 Å². The molecule has 2 N–H and O–H groups in total. The summed E-state index contributed by atoms with van der Waals surface area (Å²) in [4.78, 5) is 11.6. The van der Waals surface area contributed by atoms with Crippen molar-refractivity contribution in [2.45, 2.75) is 31.7 Å². The Bertz CT molecular complexity index is 456. The van der Waals surface area contributed by atoms with Crippen molar-refractivity contribution in [3.63, 3.8) is 0 Å². The molecule has 2 aromatic heterocycles. The first-order valence-electron chi connectivity index (χ1n) is 5.48. The van der Waals surface area contributed by atoms with Gasteiger partial charge in [0.2, 0.25) is 0 Å². The van der Waals surface area contributed by atoms with E-state index in [2.05, 4.69) is 20.3 Å². The number of nitrogens with zero attached hydrogens (tertiary/aromatic N) is 2. The van der Waals surface area contributed by atoms with E-state index in [1.54, 1.807) is 6.33 Å². The summed E-state index contributed by atoms with van der Waals surface area (Å²) in [6, 6.07) is 2.62. The Kier molecular flexibility index (Phi) is 2.05. The number of anilines is 1. The Balaban J connectivity index is 1.92. The summed E-state index contributed by atoms with van der Waals surface area (Å²) in [5.74, 6) is 0.966. The van der Waals surface area contributed by atoms with Crippen molar-refractivity contribution >= 4 is 16.9 Å². The number of rotatable bonds is 2. The molecule has 0 radical (unpaired) electrons. The topological polar surface area (TPSA) is 53.6 Å². The molecular formula is C11H14N4. The van der Waals surface area contributed by atoms with Gasteiger partial charge in [-0.25, -0.2) is 9.97 Å². The molecule has 0 aromatic carbocycles. The minimum absolute atomic E-state index is 0.595. The molecule has 78 valence electrons. The molecule has 1 aliphatic carbocycles. The molecule has 0 bridgehead atoms. The zero-order valence-electron chi connectivity index (χ0n) is 8.53. The van der Waals surface area contributed by atoms with Gasteiger partial charge < -0.3 is 10.3 Å². The van der Waals surface area contributed by atoms with Crippen molar-refractivity contribution in [1.82, 2.24) is 15.0 Å². The SMILES string of the molecule is c1nc(NC2CCCC2)c2cc[nH]c2n1. The number of nitrogens with one attached hydrogen (secondary N) is 2. The lowest BCUT2D eigenvalue weighted by molar-refractivity contribution is 0.751. The van der Waals surface area contributed by atoms with Crippen LogP contribution >= 0.6 is 0 Å². The minimum atomic E-state index is 0.595. The van der Waals surface area contributed by atoms with E-state index in [9.17, 15) is 0 Å². The molecule has 0 atom stereocenters. The maximum Gasteiger partial charge on any atom is 0.142 e. The predicted octanol–water partition coefficient (Wildman–Crippen LogP) is 2.31. The number of aromatic nitrogens is 3. The molecule has 2 aromatic rings. The van der Waals surface area contributed by atoms with Gasteiger partial charge in [-0.15, -0.1) is 0 Å². The van der Waals surface area contributed by atoms with Gasteiger partial charge in [0.15, 0.2) is 0 Å². The summed E-state index contributed by atoms with van der Waals surface area (Å²) in [5, 5.41) is 4.59. The van der Waals surface area contributed by atoms with Gasteiger partial charge in [-0.1, -0.05) is 12.8 Å². The Morgan fingerprint density at radius 2 is 2.13 bits per heavy atom. The number of hydrogen-bond donors (Lipinski definition) is 2. The van der Waals surface area contributed by atoms with Crippen LogP contribution in [0.15, 0.2) is 18.6 Å². The quantitative estimate of drug-likeness (QED) is 0.785. The number of hydrogen-bond acceptors (Lipinski definition) is 3. The zero-order chi connectivity index (χ0) is 10.1. The Labute approximate surface area is 88.1 Å². The van der Waals surface area contributed by atoms with Crippen LogP contribution in [0.4, 0.5) is 5.82 Å². The highest BCUT2D eigenvalue weighted by molar-refractivity contribution is 5.86. The first-order valence-corrected chi connectivity index (χ1v) is 5.48. The fourth-order valence-electron chi connectivity index (χ4n) is 2.25. The molecule has 4 heteroatoms. The van der Waals surface area contributed by atoms with Crippen molar-refractivity contribution < 1.29 is 0 Å². The van der Waals surface area contributed by atoms with Crippen molar-refractivity contribution in [1.29, 1.82) is 0 Å². The first kappa shape index (κ1) is 8.71. The monoisotopic (exact) mass is 202 g/mol. The van der Waals surface area contributed by atoms with Gasteiger partial charge >= 0.3 is 0 Å². The summed E-state index contributed by atoms with van der Waals surface area (Å²) in [6.45, 7) is 0.